The van der Waals surface area contributed by atoms with Crippen molar-refractivity contribution in [3.63, 3.8) is 0 Å². The van der Waals surface area contributed by atoms with Gasteiger partial charge in [0.15, 0.2) is 0 Å². The molecule has 0 aliphatic rings. The second kappa shape index (κ2) is 4.63. The van der Waals surface area contributed by atoms with Gasteiger partial charge in [-0.2, -0.15) is 4.99 Å². The van der Waals surface area contributed by atoms with Crippen molar-refractivity contribution in [3.8, 4) is 5.75 Å². The Morgan fingerprint density at radius 3 is 2.53 bits per heavy atom. The number of rotatable bonds is 2. The van der Waals surface area contributed by atoms with Crippen molar-refractivity contribution >= 4 is 34.4 Å². The zero-order valence-corrected chi connectivity index (χ0v) is 9.17. The lowest BCUT2D eigenvalue weighted by molar-refractivity contribution is -0.274. The molecule has 0 saturated heterocycles. The van der Waals surface area contributed by atoms with Gasteiger partial charge in [0.25, 0.3) is 0 Å². The van der Waals surface area contributed by atoms with Gasteiger partial charge in [-0.15, -0.1) is 13.2 Å². The van der Waals surface area contributed by atoms with E-state index in [0.29, 0.717) is 3.57 Å². The normalized spacial score (nSPS) is 10.7. The molecule has 0 heterocycles. The summed E-state index contributed by atoms with van der Waals surface area (Å²) in [5.74, 6) is -0.350. The molecule has 0 N–H and O–H groups in total. The first kappa shape index (κ1) is 12.0. The molecule has 0 aliphatic carbocycles. The van der Waals surface area contributed by atoms with E-state index in [0.717, 1.165) is 12.1 Å². The summed E-state index contributed by atoms with van der Waals surface area (Å²) < 4.78 is 39.5. The minimum absolute atomic E-state index is 0.250. The highest BCUT2D eigenvalue weighted by atomic mass is 127. The maximum absolute atomic E-state index is 11.8. The number of hydrogen-bond donors (Lipinski definition) is 0. The fourth-order valence-electron chi connectivity index (χ4n) is 0.825. The Balaban J connectivity index is 2.96. The average Bonchev–Trinajstić information content (AvgIpc) is 2.07. The molecule has 0 bridgehead atoms. The van der Waals surface area contributed by atoms with Gasteiger partial charge in [-0.1, -0.05) is 0 Å². The Kier molecular flexibility index (Phi) is 3.70. The zero-order valence-electron chi connectivity index (χ0n) is 7.01. The first-order valence-electron chi connectivity index (χ1n) is 3.55. The van der Waals surface area contributed by atoms with Crippen molar-refractivity contribution in [2.24, 2.45) is 4.99 Å². The topological polar surface area (TPSA) is 38.7 Å². The Morgan fingerprint density at radius 1 is 1.40 bits per heavy atom. The molecular formula is C8H3F3INO2. The van der Waals surface area contributed by atoms with Crippen LogP contribution in [0.1, 0.15) is 0 Å². The van der Waals surface area contributed by atoms with Crippen LogP contribution in [0.25, 0.3) is 0 Å². The largest absolute Gasteiger partial charge is 0.573 e. The van der Waals surface area contributed by atoms with Gasteiger partial charge in [-0.25, -0.2) is 4.79 Å². The summed E-state index contributed by atoms with van der Waals surface area (Å²) >= 11 is 1.74. The summed E-state index contributed by atoms with van der Waals surface area (Å²) in [6.45, 7) is 0. The standard InChI is InChI=1S/C8H3F3INO2/c9-8(10,11)15-5-1-2-7(13-4-14)6(12)3-5/h1-3H. The van der Waals surface area contributed by atoms with E-state index in [4.69, 9.17) is 0 Å². The number of isocyanates is 1. The van der Waals surface area contributed by atoms with E-state index in [1.807, 2.05) is 0 Å². The number of halogens is 4. The van der Waals surface area contributed by atoms with Crippen LogP contribution >= 0.6 is 22.6 Å². The summed E-state index contributed by atoms with van der Waals surface area (Å²) in [7, 11) is 0. The van der Waals surface area contributed by atoms with Gasteiger partial charge in [0, 0.05) is 3.57 Å². The van der Waals surface area contributed by atoms with Crippen molar-refractivity contribution in [1.82, 2.24) is 0 Å². The van der Waals surface area contributed by atoms with Gasteiger partial charge < -0.3 is 4.74 Å². The van der Waals surface area contributed by atoms with E-state index < -0.39 is 6.36 Å². The summed E-state index contributed by atoms with van der Waals surface area (Å²) in [5, 5.41) is 0. The number of alkyl halides is 3. The Bertz CT molecular complexity index is 413. The van der Waals surface area contributed by atoms with Crippen LogP contribution in [0.3, 0.4) is 0 Å². The maximum Gasteiger partial charge on any atom is 0.573 e. The highest BCUT2D eigenvalue weighted by Gasteiger charge is 2.31. The van der Waals surface area contributed by atoms with Gasteiger partial charge >= 0.3 is 6.36 Å². The first-order chi connectivity index (χ1) is 6.92. The van der Waals surface area contributed by atoms with Gasteiger partial charge in [-0.05, 0) is 40.8 Å². The van der Waals surface area contributed by atoms with Crippen molar-refractivity contribution in [2.45, 2.75) is 6.36 Å². The van der Waals surface area contributed by atoms with Crippen molar-refractivity contribution in [2.75, 3.05) is 0 Å². The molecule has 0 amide bonds. The van der Waals surface area contributed by atoms with Crippen LogP contribution in [-0.2, 0) is 4.79 Å². The molecule has 0 saturated carbocycles. The molecule has 0 atom stereocenters. The van der Waals surface area contributed by atoms with Crippen molar-refractivity contribution in [3.05, 3.63) is 21.8 Å². The maximum atomic E-state index is 11.8. The highest BCUT2D eigenvalue weighted by Crippen LogP contribution is 2.29. The Hall–Kier alpha value is -1.08. The van der Waals surface area contributed by atoms with Crippen LogP contribution < -0.4 is 4.74 Å². The van der Waals surface area contributed by atoms with Crippen molar-refractivity contribution < 1.29 is 22.7 Å². The fraction of sp³-hybridized carbons (Fsp3) is 0.125. The van der Waals surface area contributed by atoms with Gasteiger partial charge in [0.2, 0.25) is 6.08 Å². The zero-order chi connectivity index (χ0) is 11.5. The summed E-state index contributed by atoms with van der Waals surface area (Å²) in [6, 6.07) is 3.45. The molecule has 0 aliphatic heterocycles. The van der Waals surface area contributed by atoms with Gasteiger partial charge in [-0.3, -0.25) is 0 Å². The number of carbonyl (C=O) groups excluding carboxylic acids is 1. The van der Waals surface area contributed by atoms with E-state index in [1.54, 1.807) is 22.6 Å². The molecule has 0 fully saturated rings. The van der Waals surface area contributed by atoms with E-state index in [1.165, 1.54) is 12.1 Å². The third-order valence-electron chi connectivity index (χ3n) is 1.32. The predicted molar refractivity (Wildman–Crippen MR) is 53.6 cm³/mol. The highest BCUT2D eigenvalue weighted by molar-refractivity contribution is 14.1. The average molecular weight is 329 g/mol. The third kappa shape index (κ3) is 3.88. The SMILES string of the molecule is O=C=Nc1ccc(OC(F)(F)F)cc1I. The molecule has 80 valence electrons. The predicted octanol–water partition coefficient (Wildman–Crippen LogP) is 3.16. The molecule has 1 aromatic rings. The quantitative estimate of drug-likeness (QED) is 0.475. The van der Waals surface area contributed by atoms with E-state index in [9.17, 15) is 18.0 Å². The monoisotopic (exact) mass is 329 g/mol. The van der Waals surface area contributed by atoms with Crippen LogP contribution in [0.4, 0.5) is 18.9 Å². The number of aliphatic imine (C=N–C) groups is 1. The van der Waals surface area contributed by atoms with E-state index in [-0.39, 0.29) is 11.4 Å². The van der Waals surface area contributed by atoms with E-state index in [2.05, 4.69) is 9.73 Å². The smallest absolute Gasteiger partial charge is 0.406 e. The molecule has 7 heteroatoms. The van der Waals surface area contributed by atoms with Crippen LogP contribution in [0.15, 0.2) is 23.2 Å². The third-order valence-corrected chi connectivity index (χ3v) is 2.18. The Morgan fingerprint density at radius 2 is 2.07 bits per heavy atom. The molecule has 0 radical (unpaired) electrons. The van der Waals surface area contributed by atoms with Crippen LogP contribution in [0.2, 0.25) is 0 Å². The lowest BCUT2D eigenvalue weighted by atomic mass is 10.3. The van der Waals surface area contributed by atoms with Crippen LogP contribution in [0.5, 0.6) is 5.75 Å². The fourth-order valence-corrected chi connectivity index (χ4v) is 1.43. The molecule has 1 rings (SSSR count). The summed E-state index contributed by atoms with van der Waals surface area (Å²) in [5.41, 5.74) is 0.250. The van der Waals surface area contributed by atoms with Crippen molar-refractivity contribution in [1.29, 1.82) is 0 Å². The van der Waals surface area contributed by atoms with Crippen LogP contribution in [0, 0.1) is 3.57 Å². The summed E-state index contributed by atoms with van der Waals surface area (Å²) in [4.78, 5) is 13.2. The molecule has 0 aromatic heterocycles. The number of ether oxygens (including phenoxy) is 1. The molecule has 0 spiro atoms. The molecule has 0 unspecified atom stereocenters. The van der Waals surface area contributed by atoms with Gasteiger partial charge in [0.1, 0.15) is 5.75 Å². The molecule has 1 aromatic carbocycles. The first-order valence-corrected chi connectivity index (χ1v) is 4.63. The van der Waals surface area contributed by atoms with Crippen LogP contribution in [-0.4, -0.2) is 12.4 Å². The molecule has 15 heavy (non-hydrogen) atoms. The summed E-state index contributed by atoms with van der Waals surface area (Å²) in [6.07, 6.45) is -3.42. The molecular weight excluding hydrogens is 326 g/mol. The minimum Gasteiger partial charge on any atom is -0.406 e. The lowest BCUT2D eigenvalue weighted by Gasteiger charge is -2.09. The Labute approximate surface area is 96.1 Å². The molecule has 3 nitrogen and oxygen atoms in total. The van der Waals surface area contributed by atoms with E-state index >= 15 is 0 Å². The second-order valence-corrected chi connectivity index (χ2v) is 3.53. The number of benzene rings is 1. The second-order valence-electron chi connectivity index (χ2n) is 2.36. The minimum atomic E-state index is -4.72. The number of nitrogens with zero attached hydrogens (tertiary/aromatic N) is 1. The van der Waals surface area contributed by atoms with Gasteiger partial charge in [0.05, 0.1) is 5.69 Å². The number of hydrogen-bond acceptors (Lipinski definition) is 3. The lowest BCUT2D eigenvalue weighted by Crippen LogP contribution is -2.17.